The average molecular weight is 280 g/mol. The van der Waals surface area contributed by atoms with Crippen molar-refractivity contribution in [3.05, 3.63) is 35.4 Å². The quantitative estimate of drug-likeness (QED) is 0.720. The van der Waals surface area contributed by atoms with Gasteiger partial charge in [0.15, 0.2) is 0 Å². The van der Waals surface area contributed by atoms with Crippen LogP contribution in [-0.4, -0.2) is 46.7 Å². The van der Waals surface area contributed by atoms with E-state index >= 15 is 0 Å². The van der Waals surface area contributed by atoms with Gasteiger partial charge in [-0.2, -0.15) is 0 Å². The van der Waals surface area contributed by atoms with Crippen LogP contribution < -0.4 is 5.32 Å². The predicted octanol–water partition coefficient (Wildman–Crippen LogP) is 1.00. The number of rotatable bonds is 6. The summed E-state index contributed by atoms with van der Waals surface area (Å²) < 4.78 is 0. The molecule has 0 unspecified atom stereocenters. The fraction of sp³-hybridized carbons (Fsp3) is 0.308. The molecule has 0 aromatic heterocycles. The zero-order chi connectivity index (χ0) is 15.1. The van der Waals surface area contributed by atoms with E-state index in [2.05, 4.69) is 5.32 Å². The fourth-order valence-electron chi connectivity index (χ4n) is 1.44. The summed E-state index contributed by atoms with van der Waals surface area (Å²) in [4.78, 5) is 34.0. The maximum absolute atomic E-state index is 11.6. The first kappa shape index (κ1) is 15.5. The van der Waals surface area contributed by atoms with E-state index < -0.39 is 11.9 Å². The highest BCUT2D eigenvalue weighted by Gasteiger charge is 2.09. The van der Waals surface area contributed by atoms with Crippen LogP contribution >= 0.6 is 0 Å². The Morgan fingerprint density at radius 1 is 1.15 bits per heavy atom. The monoisotopic (exact) mass is 280 g/mol. The van der Waals surface area contributed by atoms with Crippen molar-refractivity contribution in [2.24, 2.45) is 0 Å². The maximum atomic E-state index is 11.6. The van der Waals surface area contributed by atoms with Crippen molar-refractivity contribution >= 4 is 18.0 Å². The molecule has 0 heterocycles. The molecule has 0 spiro atoms. The number of hydrogen-bond acceptors (Lipinski definition) is 3. The molecule has 1 aromatic carbocycles. The number of aliphatic carboxylic acids is 1. The largest absolute Gasteiger partial charge is 0.481 e. The zero-order valence-corrected chi connectivity index (χ0v) is 11.0. The van der Waals surface area contributed by atoms with Gasteiger partial charge in [0, 0.05) is 20.1 Å². The summed E-state index contributed by atoms with van der Waals surface area (Å²) >= 11 is 0. The number of urea groups is 1. The van der Waals surface area contributed by atoms with Gasteiger partial charge in [0.25, 0.3) is 0 Å². The second-order valence-electron chi connectivity index (χ2n) is 4.23. The molecule has 0 aliphatic carbocycles. The summed E-state index contributed by atoms with van der Waals surface area (Å²) in [5.74, 6) is -1.97. The number of hydrogen-bond donors (Lipinski definition) is 3. The lowest BCUT2D eigenvalue weighted by Crippen LogP contribution is -2.37. The molecule has 0 saturated carbocycles. The Labute approximate surface area is 115 Å². The van der Waals surface area contributed by atoms with Crippen LogP contribution in [0, 0.1) is 0 Å². The van der Waals surface area contributed by atoms with Gasteiger partial charge in [0.2, 0.25) is 0 Å². The molecule has 3 N–H and O–H groups in total. The number of carboxylic acid groups (broad SMARTS) is 2. The van der Waals surface area contributed by atoms with Gasteiger partial charge < -0.3 is 20.4 Å². The minimum atomic E-state index is -1.01. The van der Waals surface area contributed by atoms with Gasteiger partial charge in [-0.15, -0.1) is 0 Å². The fourth-order valence-corrected chi connectivity index (χ4v) is 1.44. The molecule has 0 saturated heterocycles. The highest BCUT2D eigenvalue weighted by molar-refractivity contribution is 5.87. The summed E-state index contributed by atoms with van der Waals surface area (Å²) in [6.07, 6.45) is -0.114. The molecule has 0 bridgehead atoms. The van der Waals surface area contributed by atoms with Gasteiger partial charge in [0.1, 0.15) is 0 Å². The molecule has 7 heteroatoms. The van der Waals surface area contributed by atoms with Gasteiger partial charge in [-0.05, 0) is 17.7 Å². The van der Waals surface area contributed by atoms with Crippen LogP contribution in [0.15, 0.2) is 24.3 Å². The van der Waals surface area contributed by atoms with Crippen LogP contribution in [-0.2, 0) is 11.3 Å². The molecule has 0 atom stereocenters. The Morgan fingerprint density at radius 2 is 1.75 bits per heavy atom. The minimum Gasteiger partial charge on any atom is -0.481 e. The molecule has 108 valence electrons. The first-order valence-corrected chi connectivity index (χ1v) is 5.93. The van der Waals surface area contributed by atoms with Crippen molar-refractivity contribution in [1.29, 1.82) is 0 Å². The number of carbonyl (C=O) groups excluding carboxylic acids is 1. The number of benzene rings is 1. The zero-order valence-electron chi connectivity index (χ0n) is 11.0. The van der Waals surface area contributed by atoms with E-state index in [-0.39, 0.29) is 31.1 Å². The summed E-state index contributed by atoms with van der Waals surface area (Å²) in [5.41, 5.74) is 0.939. The number of nitrogens with one attached hydrogen (secondary N) is 1. The molecular weight excluding hydrogens is 264 g/mol. The van der Waals surface area contributed by atoms with Crippen molar-refractivity contribution in [3.63, 3.8) is 0 Å². The van der Waals surface area contributed by atoms with Gasteiger partial charge >= 0.3 is 18.0 Å². The van der Waals surface area contributed by atoms with Crippen molar-refractivity contribution in [2.75, 3.05) is 13.6 Å². The lowest BCUT2D eigenvalue weighted by atomic mass is 10.1. The number of amides is 2. The van der Waals surface area contributed by atoms with Crippen LogP contribution in [0.3, 0.4) is 0 Å². The van der Waals surface area contributed by atoms with Gasteiger partial charge in [-0.1, -0.05) is 12.1 Å². The number of nitrogens with zero attached hydrogens (tertiary/aromatic N) is 1. The minimum absolute atomic E-state index is 0.114. The second-order valence-corrected chi connectivity index (χ2v) is 4.23. The van der Waals surface area contributed by atoms with E-state index in [4.69, 9.17) is 10.2 Å². The molecule has 0 aliphatic rings. The smallest absolute Gasteiger partial charge is 0.335 e. The Kier molecular flexibility index (Phi) is 5.52. The summed E-state index contributed by atoms with van der Waals surface area (Å²) in [5, 5.41) is 19.9. The lowest BCUT2D eigenvalue weighted by molar-refractivity contribution is -0.137. The Morgan fingerprint density at radius 3 is 2.25 bits per heavy atom. The summed E-state index contributed by atoms with van der Waals surface area (Å²) in [6.45, 7) is 0.370. The van der Waals surface area contributed by atoms with E-state index in [1.807, 2.05) is 0 Å². The standard InChI is InChI=1S/C13H16N2O5/c1-15(7-6-11(16)17)13(20)14-8-9-2-4-10(5-3-9)12(18)19/h2-5H,6-8H2,1H3,(H,14,20)(H,16,17)(H,18,19). The molecule has 7 nitrogen and oxygen atoms in total. The molecule has 0 radical (unpaired) electrons. The van der Waals surface area contributed by atoms with Gasteiger partial charge in [0.05, 0.1) is 12.0 Å². The average Bonchev–Trinajstić information content (AvgIpc) is 2.42. The summed E-state index contributed by atoms with van der Waals surface area (Å²) in [7, 11) is 1.51. The third-order valence-electron chi connectivity index (χ3n) is 2.65. The second kappa shape index (κ2) is 7.13. The van der Waals surface area contributed by atoms with Crippen molar-refractivity contribution in [1.82, 2.24) is 10.2 Å². The maximum Gasteiger partial charge on any atom is 0.335 e. The van der Waals surface area contributed by atoms with Crippen LogP contribution in [0.25, 0.3) is 0 Å². The first-order chi connectivity index (χ1) is 9.40. The van der Waals surface area contributed by atoms with Gasteiger partial charge in [-0.3, -0.25) is 4.79 Å². The van der Waals surface area contributed by atoms with Gasteiger partial charge in [-0.25, -0.2) is 9.59 Å². The Balaban J connectivity index is 2.44. The van der Waals surface area contributed by atoms with Crippen LogP contribution in [0.2, 0.25) is 0 Å². The number of carbonyl (C=O) groups is 3. The summed E-state index contributed by atoms with van der Waals surface area (Å²) in [6, 6.07) is 5.76. The highest BCUT2D eigenvalue weighted by atomic mass is 16.4. The van der Waals surface area contributed by atoms with Crippen LogP contribution in [0.1, 0.15) is 22.3 Å². The molecule has 0 aliphatic heterocycles. The van der Waals surface area contributed by atoms with E-state index in [1.54, 1.807) is 12.1 Å². The lowest BCUT2D eigenvalue weighted by Gasteiger charge is -2.16. The molecule has 0 fully saturated rings. The predicted molar refractivity (Wildman–Crippen MR) is 70.5 cm³/mol. The topological polar surface area (TPSA) is 107 Å². The van der Waals surface area contributed by atoms with Crippen molar-refractivity contribution in [3.8, 4) is 0 Å². The molecular formula is C13H16N2O5. The molecule has 20 heavy (non-hydrogen) atoms. The highest BCUT2D eigenvalue weighted by Crippen LogP contribution is 2.04. The van der Waals surface area contributed by atoms with Crippen molar-refractivity contribution < 1.29 is 24.6 Å². The Hall–Kier alpha value is -2.57. The Bertz CT molecular complexity index is 498. The normalized spacial score (nSPS) is 9.85. The molecule has 1 rings (SSSR count). The third kappa shape index (κ3) is 4.97. The first-order valence-electron chi connectivity index (χ1n) is 5.93. The van der Waals surface area contributed by atoms with E-state index in [9.17, 15) is 14.4 Å². The number of aromatic carboxylic acids is 1. The van der Waals surface area contributed by atoms with Crippen molar-refractivity contribution in [2.45, 2.75) is 13.0 Å². The van der Waals surface area contributed by atoms with E-state index in [0.29, 0.717) is 0 Å². The number of carboxylic acids is 2. The van der Waals surface area contributed by atoms with Crippen LogP contribution in [0.4, 0.5) is 4.79 Å². The van der Waals surface area contributed by atoms with E-state index in [1.165, 1.54) is 24.1 Å². The SMILES string of the molecule is CN(CCC(=O)O)C(=O)NCc1ccc(C(=O)O)cc1. The molecule has 1 aromatic rings. The third-order valence-corrected chi connectivity index (χ3v) is 2.65. The van der Waals surface area contributed by atoms with E-state index in [0.717, 1.165) is 5.56 Å². The molecule has 2 amide bonds. The van der Waals surface area contributed by atoms with Crippen LogP contribution in [0.5, 0.6) is 0 Å².